The second-order valence-corrected chi connectivity index (χ2v) is 7.07. The van der Waals surface area contributed by atoms with Gasteiger partial charge in [0.05, 0.1) is 5.60 Å². The third-order valence-corrected chi connectivity index (χ3v) is 3.82. The molecule has 0 fully saturated rings. The Morgan fingerprint density at radius 3 is 2.58 bits per heavy atom. The molecule has 4 nitrogen and oxygen atoms in total. The highest BCUT2D eigenvalue weighted by Gasteiger charge is 2.33. The van der Waals surface area contributed by atoms with E-state index in [1.807, 2.05) is 19.9 Å². The maximum atomic E-state index is 11.0. The van der Waals surface area contributed by atoms with Gasteiger partial charge in [0.15, 0.2) is 0 Å². The molecule has 0 spiro atoms. The lowest BCUT2D eigenvalue weighted by Crippen LogP contribution is -2.45. The van der Waals surface area contributed by atoms with Gasteiger partial charge in [0, 0.05) is 18.3 Å². The molecule has 0 bridgehead atoms. The summed E-state index contributed by atoms with van der Waals surface area (Å²) in [7, 11) is 4.48. The smallest absolute Gasteiger partial charge is 0.330 e. The Labute approximate surface area is 118 Å². The van der Waals surface area contributed by atoms with Crippen LogP contribution in [0.3, 0.4) is 0 Å². The Kier molecular flexibility index (Phi) is 5.11. The molecule has 0 saturated heterocycles. The molecular weight excluding hydrogens is 258 g/mol. The molecule has 1 radical (unpaired) electrons. The van der Waals surface area contributed by atoms with Crippen LogP contribution in [0, 0.1) is 0 Å². The molecule has 19 heavy (non-hydrogen) atoms. The molecule has 1 rings (SSSR count). The van der Waals surface area contributed by atoms with Gasteiger partial charge in [-0.3, -0.25) is 4.79 Å². The fraction of sp³-hybridized carbons (Fsp3) is 0.538. The number of hydrogen-bond acceptors (Lipinski definition) is 3. The van der Waals surface area contributed by atoms with Crippen molar-refractivity contribution in [1.29, 1.82) is 0 Å². The minimum atomic E-state index is -0.324. The van der Waals surface area contributed by atoms with Crippen molar-refractivity contribution in [1.82, 2.24) is 4.98 Å². The second-order valence-electron chi connectivity index (χ2n) is 5.62. The van der Waals surface area contributed by atoms with Gasteiger partial charge in [-0.15, -0.1) is 9.24 Å². The maximum absolute atomic E-state index is 11.0. The van der Waals surface area contributed by atoms with Crippen LogP contribution in [0.2, 0.25) is 0 Å². The predicted molar refractivity (Wildman–Crippen MR) is 82.9 cm³/mol. The number of nitrogens with one attached hydrogen (secondary N) is 1. The van der Waals surface area contributed by atoms with Gasteiger partial charge < -0.3 is 9.97 Å². The van der Waals surface area contributed by atoms with E-state index in [9.17, 15) is 4.79 Å². The molecule has 0 aliphatic heterocycles. The highest BCUT2D eigenvalue weighted by molar-refractivity contribution is 7.19. The first-order valence-electron chi connectivity index (χ1n) is 6.15. The van der Waals surface area contributed by atoms with Crippen molar-refractivity contribution >= 4 is 33.9 Å². The monoisotopic (exact) mass is 279 g/mol. The van der Waals surface area contributed by atoms with Crippen molar-refractivity contribution in [3.05, 3.63) is 18.3 Å². The van der Waals surface area contributed by atoms with Crippen LogP contribution in [-0.2, 0) is 9.45 Å². The van der Waals surface area contributed by atoms with E-state index >= 15 is 0 Å². The quantitative estimate of drug-likeness (QED) is 0.659. The summed E-state index contributed by atoms with van der Waals surface area (Å²) in [4.78, 5) is 15.0. The van der Waals surface area contributed by atoms with Crippen LogP contribution in [0.5, 0.6) is 0 Å². The van der Waals surface area contributed by atoms with Crippen molar-refractivity contribution in [3.8, 4) is 0 Å². The highest BCUT2D eigenvalue weighted by Crippen LogP contribution is 2.32. The minimum Gasteiger partial charge on any atom is -0.429 e. The van der Waals surface area contributed by atoms with E-state index in [0.717, 1.165) is 5.46 Å². The van der Waals surface area contributed by atoms with E-state index in [1.165, 1.54) is 6.92 Å². The summed E-state index contributed by atoms with van der Waals surface area (Å²) in [6.45, 7) is 9.72. The van der Waals surface area contributed by atoms with E-state index in [-0.39, 0.29) is 16.7 Å². The number of aromatic nitrogens is 1. The largest absolute Gasteiger partial charge is 0.429 e. The van der Waals surface area contributed by atoms with E-state index in [2.05, 4.69) is 33.4 Å². The normalized spacial score (nSPS) is 12.1. The summed E-state index contributed by atoms with van der Waals surface area (Å²) in [6.07, 6.45) is 1.64. The van der Waals surface area contributed by atoms with E-state index in [1.54, 1.807) is 19.7 Å². The van der Waals surface area contributed by atoms with Gasteiger partial charge in [-0.2, -0.15) is 0 Å². The van der Waals surface area contributed by atoms with Crippen LogP contribution in [0.4, 0.5) is 5.82 Å². The molecule has 0 aliphatic carbocycles. The fourth-order valence-electron chi connectivity index (χ4n) is 1.14. The van der Waals surface area contributed by atoms with Crippen LogP contribution >= 0.6 is 9.24 Å². The summed E-state index contributed by atoms with van der Waals surface area (Å²) in [6, 6.07) is 3.60. The Morgan fingerprint density at radius 1 is 1.42 bits per heavy atom. The third kappa shape index (κ3) is 4.92. The molecule has 1 atom stereocenters. The van der Waals surface area contributed by atoms with Crippen molar-refractivity contribution in [3.63, 3.8) is 0 Å². The lowest BCUT2D eigenvalue weighted by Gasteiger charge is -2.39. The number of rotatable bonds is 5. The third-order valence-electron chi connectivity index (χ3n) is 3.13. The highest BCUT2D eigenvalue weighted by atomic mass is 31.0. The van der Waals surface area contributed by atoms with Crippen LogP contribution < -0.4 is 10.8 Å². The van der Waals surface area contributed by atoms with Gasteiger partial charge in [0.25, 0.3) is 0 Å². The minimum absolute atomic E-state index is 0.0585. The molecule has 0 saturated carbocycles. The van der Waals surface area contributed by atoms with E-state index in [0.29, 0.717) is 5.82 Å². The van der Waals surface area contributed by atoms with Gasteiger partial charge >= 0.3 is 7.48 Å². The molecule has 1 unspecified atom stereocenters. The van der Waals surface area contributed by atoms with Crippen molar-refractivity contribution < 1.29 is 9.45 Å². The standard InChI is InChI=1S/C13H21BN2O2P/c1-9(17)16-11-8-10(6-7-15-11)14-18-12(2,3)13(4,5)19/h6-8H,19H2,1-5H3,(H,15,16,17). The number of amides is 1. The maximum Gasteiger partial charge on any atom is 0.330 e. The topological polar surface area (TPSA) is 51.2 Å². The SMILES string of the molecule is CC(=O)Nc1cc([B]OC(C)(C)C(C)(C)P)ccn1. The number of pyridine rings is 1. The van der Waals surface area contributed by atoms with Gasteiger partial charge in [-0.05, 0) is 31.4 Å². The van der Waals surface area contributed by atoms with Crippen LogP contribution in [0.15, 0.2) is 18.3 Å². The first-order chi connectivity index (χ1) is 8.62. The van der Waals surface area contributed by atoms with Crippen molar-refractivity contribution in [2.75, 3.05) is 5.32 Å². The van der Waals surface area contributed by atoms with Gasteiger partial charge in [0.1, 0.15) is 5.82 Å². The molecule has 1 heterocycles. The van der Waals surface area contributed by atoms with Crippen molar-refractivity contribution in [2.24, 2.45) is 0 Å². The zero-order valence-corrected chi connectivity index (χ0v) is 13.3. The molecule has 1 aromatic heterocycles. The number of carbonyl (C=O) groups excluding carboxylic acids is 1. The zero-order chi connectivity index (χ0) is 14.7. The first kappa shape index (κ1) is 16.1. The summed E-state index contributed by atoms with van der Waals surface area (Å²) in [5, 5.41) is 2.58. The molecule has 103 valence electrons. The molecule has 1 amide bonds. The lowest BCUT2D eigenvalue weighted by molar-refractivity contribution is -0.114. The summed E-state index contributed by atoms with van der Waals surface area (Å²) >= 11 is 0. The van der Waals surface area contributed by atoms with E-state index < -0.39 is 0 Å². The number of hydrogen-bond donors (Lipinski definition) is 1. The summed E-state index contributed by atoms with van der Waals surface area (Å²) in [5.74, 6) is 0.379. The van der Waals surface area contributed by atoms with Gasteiger partial charge in [-0.1, -0.05) is 13.8 Å². The fourth-order valence-corrected chi connectivity index (χ4v) is 1.20. The van der Waals surface area contributed by atoms with Crippen LogP contribution in [-0.4, -0.2) is 29.1 Å². The zero-order valence-electron chi connectivity index (χ0n) is 12.2. The molecule has 1 N–H and O–H groups in total. The van der Waals surface area contributed by atoms with Crippen molar-refractivity contribution in [2.45, 2.75) is 45.4 Å². The molecular formula is C13H21BN2O2P. The van der Waals surface area contributed by atoms with Gasteiger partial charge in [-0.25, -0.2) is 4.98 Å². The van der Waals surface area contributed by atoms with Crippen LogP contribution in [0.25, 0.3) is 0 Å². The lowest BCUT2D eigenvalue weighted by atomic mass is 9.84. The summed E-state index contributed by atoms with van der Waals surface area (Å²) < 4.78 is 5.85. The Bertz CT molecular complexity index is 458. The second kappa shape index (κ2) is 6.02. The average molecular weight is 279 g/mol. The first-order valence-corrected chi connectivity index (χ1v) is 6.73. The van der Waals surface area contributed by atoms with Crippen LogP contribution in [0.1, 0.15) is 34.6 Å². The summed E-state index contributed by atoms with van der Waals surface area (Å²) in [5.41, 5.74) is 0.538. The molecule has 0 aromatic carbocycles. The predicted octanol–water partition coefficient (Wildman–Crippen LogP) is 1.73. The Balaban J connectivity index is 2.71. The van der Waals surface area contributed by atoms with Gasteiger partial charge in [0.2, 0.25) is 5.91 Å². The Morgan fingerprint density at radius 2 is 2.05 bits per heavy atom. The number of nitrogens with zero attached hydrogens (tertiary/aromatic N) is 1. The number of anilines is 1. The average Bonchev–Trinajstić information content (AvgIpc) is 2.24. The molecule has 1 aromatic rings. The molecule has 0 aliphatic rings. The number of carbonyl (C=O) groups is 1. The molecule has 6 heteroatoms. The Hall–Kier alpha value is -0.925. The van der Waals surface area contributed by atoms with E-state index in [4.69, 9.17) is 4.65 Å².